The van der Waals surface area contributed by atoms with Gasteiger partial charge in [-0.2, -0.15) is 5.10 Å². The van der Waals surface area contributed by atoms with Crippen LogP contribution in [-0.2, 0) is 17.6 Å². The van der Waals surface area contributed by atoms with E-state index < -0.39 is 35.1 Å². The van der Waals surface area contributed by atoms with Crippen LogP contribution in [0.25, 0.3) is 5.69 Å². The van der Waals surface area contributed by atoms with Crippen LogP contribution in [-0.4, -0.2) is 26.9 Å². The van der Waals surface area contributed by atoms with Crippen LogP contribution in [0.2, 0.25) is 0 Å². The number of amides is 2. The average Bonchev–Trinajstić information content (AvgIpc) is 3.12. The number of aromatic nitrogens is 2. The van der Waals surface area contributed by atoms with E-state index in [1.165, 1.54) is 4.68 Å². The van der Waals surface area contributed by atoms with E-state index in [4.69, 9.17) is 5.11 Å². The fourth-order valence-electron chi connectivity index (χ4n) is 3.06. The number of carboxylic acids is 1. The number of nitrogens with zero attached hydrogens (tertiary/aromatic N) is 2. The van der Waals surface area contributed by atoms with Crippen LogP contribution in [0.4, 0.5) is 29.5 Å². The Hall–Kier alpha value is -3.82. The maximum atomic E-state index is 13.9. The van der Waals surface area contributed by atoms with Crippen molar-refractivity contribution < 1.29 is 27.9 Å². The largest absolute Gasteiger partial charge is 0.481 e. The lowest BCUT2D eigenvalue weighted by Crippen LogP contribution is -2.22. The summed E-state index contributed by atoms with van der Waals surface area (Å²) in [5.41, 5.74) is 1.22. The molecule has 3 N–H and O–H groups in total. The molecule has 3 aromatic rings. The lowest BCUT2D eigenvalue weighted by Gasteiger charge is -2.11. The molecule has 168 valence electrons. The van der Waals surface area contributed by atoms with E-state index in [0.717, 1.165) is 12.8 Å². The number of rotatable bonds is 8. The number of anilines is 2. The van der Waals surface area contributed by atoms with Gasteiger partial charge in [0, 0.05) is 18.2 Å². The summed E-state index contributed by atoms with van der Waals surface area (Å²) in [6, 6.07) is 8.28. The first kappa shape index (κ1) is 22.9. The van der Waals surface area contributed by atoms with E-state index in [9.17, 15) is 22.8 Å². The number of benzene rings is 2. The topological polar surface area (TPSA) is 96.2 Å². The van der Waals surface area contributed by atoms with Gasteiger partial charge in [-0.3, -0.25) is 10.1 Å². The second-order valence-corrected chi connectivity index (χ2v) is 7.10. The van der Waals surface area contributed by atoms with Gasteiger partial charge in [-0.1, -0.05) is 25.5 Å². The van der Waals surface area contributed by atoms with Crippen molar-refractivity contribution in [2.45, 2.75) is 32.6 Å². The molecular weight excluding hydrogens is 425 g/mol. The first-order valence-electron chi connectivity index (χ1n) is 9.89. The molecular formula is C22H21F3N4O3. The van der Waals surface area contributed by atoms with E-state index >= 15 is 0 Å². The number of aliphatic carboxylic acids is 1. The van der Waals surface area contributed by atoms with Gasteiger partial charge in [-0.05, 0) is 30.5 Å². The van der Waals surface area contributed by atoms with Crippen molar-refractivity contribution in [1.29, 1.82) is 0 Å². The summed E-state index contributed by atoms with van der Waals surface area (Å²) < 4.78 is 41.8. The summed E-state index contributed by atoms with van der Waals surface area (Å²) in [6.45, 7) is 2.02. The summed E-state index contributed by atoms with van der Waals surface area (Å²) in [6.07, 6.45) is 2.25. The molecule has 0 spiro atoms. The predicted molar refractivity (Wildman–Crippen MR) is 112 cm³/mol. The molecule has 10 heteroatoms. The summed E-state index contributed by atoms with van der Waals surface area (Å²) in [7, 11) is 0. The molecule has 32 heavy (non-hydrogen) atoms. The minimum Gasteiger partial charge on any atom is -0.481 e. The summed E-state index contributed by atoms with van der Waals surface area (Å²) in [5.74, 6) is -4.55. The van der Waals surface area contributed by atoms with Crippen molar-refractivity contribution in [3.05, 3.63) is 71.2 Å². The summed E-state index contributed by atoms with van der Waals surface area (Å²) in [5, 5.41) is 18.2. The van der Waals surface area contributed by atoms with Crippen LogP contribution in [0.15, 0.2) is 42.5 Å². The van der Waals surface area contributed by atoms with Crippen molar-refractivity contribution in [3.8, 4) is 5.69 Å². The minimum absolute atomic E-state index is 0.184. The van der Waals surface area contributed by atoms with Gasteiger partial charge >= 0.3 is 12.0 Å². The third-order valence-electron chi connectivity index (χ3n) is 4.56. The number of halogens is 3. The van der Waals surface area contributed by atoms with Crippen molar-refractivity contribution in [1.82, 2.24) is 9.78 Å². The predicted octanol–water partition coefficient (Wildman–Crippen LogP) is 4.90. The quantitative estimate of drug-likeness (QED) is 0.429. The monoisotopic (exact) mass is 446 g/mol. The van der Waals surface area contributed by atoms with Crippen molar-refractivity contribution in [3.63, 3.8) is 0 Å². The molecule has 0 unspecified atom stereocenters. The first-order chi connectivity index (χ1) is 15.3. The molecule has 0 saturated heterocycles. The second-order valence-electron chi connectivity index (χ2n) is 7.10. The van der Waals surface area contributed by atoms with Gasteiger partial charge in [0.25, 0.3) is 0 Å². The zero-order valence-electron chi connectivity index (χ0n) is 17.2. The maximum absolute atomic E-state index is 13.9. The smallest absolute Gasteiger partial charge is 0.324 e. The molecule has 0 aliphatic heterocycles. The number of carboxylic acid groups (broad SMARTS) is 1. The van der Waals surface area contributed by atoms with Crippen LogP contribution < -0.4 is 10.6 Å². The first-order valence-corrected chi connectivity index (χ1v) is 9.89. The van der Waals surface area contributed by atoms with Gasteiger partial charge in [-0.15, -0.1) is 0 Å². The van der Waals surface area contributed by atoms with Crippen LogP contribution in [0.1, 0.15) is 31.0 Å². The Kier molecular flexibility index (Phi) is 7.14. The molecule has 0 aliphatic carbocycles. The number of hydrogen-bond donors (Lipinski definition) is 3. The van der Waals surface area contributed by atoms with Crippen LogP contribution in [0.5, 0.6) is 0 Å². The van der Waals surface area contributed by atoms with Crippen molar-refractivity contribution >= 4 is 23.5 Å². The highest BCUT2D eigenvalue weighted by Gasteiger charge is 2.16. The number of urea groups is 1. The van der Waals surface area contributed by atoms with Gasteiger partial charge in [0.15, 0.2) is 11.6 Å². The molecule has 2 amide bonds. The van der Waals surface area contributed by atoms with Crippen molar-refractivity contribution in [2.24, 2.45) is 0 Å². The number of carbonyl (C=O) groups excluding carboxylic acids is 1. The molecule has 7 nitrogen and oxygen atoms in total. The zero-order valence-corrected chi connectivity index (χ0v) is 17.2. The van der Waals surface area contributed by atoms with Crippen LogP contribution in [0.3, 0.4) is 0 Å². The van der Waals surface area contributed by atoms with Gasteiger partial charge in [0.1, 0.15) is 11.6 Å². The highest BCUT2D eigenvalue weighted by Crippen LogP contribution is 2.22. The van der Waals surface area contributed by atoms with Crippen LogP contribution in [0, 0.1) is 17.5 Å². The third-order valence-corrected chi connectivity index (χ3v) is 4.56. The fourth-order valence-corrected chi connectivity index (χ4v) is 3.06. The van der Waals surface area contributed by atoms with Gasteiger partial charge in [0.2, 0.25) is 0 Å². The molecule has 0 fully saturated rings. The lowest BCUT2D eigenvalue weighted by atomic mass is 10.1. The van der Waals surface area contributed by atoms with E-state index in [0.29, 0.717) is 35.5 Å². The Morgan fingerprint density at radius 2 is 1.78 bits per heavy atom. The maximum Gasteiger partial charge on any atom is 0.324 e. The number of unbranched alkanes of at least 4 members (excludes halogenated alkanes) is 1. The Balaban J connectivity index is 1.88. The minimum atomic E-state index is -1.37. The van der Waals surface area contributed by atoms with Gasteiger partial charge in [-0.25, -0.2) is 22.6 Å². The SMILES string of the molecule is CCCCc1cc(NC(=O)Nc2cc(F)c(F)cc2F)n(-c2cccc(CC(=O)O)c2)n1. The average molecular weight is 446 g/mol. The highest BCUT2D eigenvalue weighted by atomic mass is 19.2. The van der Waals surface area contributed by atoms with E-state index in [1.54, 1.807) is 30.3 Å². The molecule has 1 heterocycles. The number of carbonyl (C=O) groups is 2. The number of aryl methyl sites for hydroxylation is 1. The van der Waals surface area contributed by atoms with E-state index in [-0.39, 0.29) is 12.2 Å². The Labute approximate surface area is 181 Å². The normalized spacial score (nSPS) is 10.8. The zero-order chi connectivity index (χ0) is 23.3. The summed E-state index contributed by atoms with van der Waals surface area (Å²) >= 11 is 0. The molecule has 3 rings (SSSR count). The Bertz CT molecular complexity index is 1150. The van der Waals surface area contributed by atoms with Gasteiger partial charge < -0.3 is 10.4 Å². The second kappa shape index (κ2) is 9.99. The molecule has 1 aromatic heterocycles. The number of nitrogens with one attached hydrogen (secondary N) is 2. The van der Waals surface area contributed by atoms with Gasteiger partial charge in [0.05, 0.1) is 23.5 Å². The number of hydrogen-bond acceptors (Lipinski definition) is 3. The third kappa shape index (κ3) is 5.65. The lowest BCUT2D eigenvalue weighted by molar-refractivity contribution is -0.136. The Morgan fingerprint density at radius 1 is 1.03 bits per heavy atom. The highest BCUT2D eigenvalue weighted by molar-refractivity contribution is 5.99. The summed E-state index contributed by atoms with van der Waals surface area (Å²) in [4.78, 5) is 23.5. The standard InChI is InChI=1S/C22H21F3N4O3/c1-2-3-6-14-10-20(27-22(32)26-19-12-17(24)16(23)11-18(19)25)29(28-14)15-7-4-5-13(8-15)9-21(30)31/h4-5,7-8,10-12H,2-3,6,9H2,1H3,(H,30,31)(H2,26,27,32). The molecule has 0 radical (unpaired) electrons. The van der Waals surface area contributed by atoms with E-state index in [1.807, 2.05) is 6.92 Å². The molecule has 0 atom stereocenters. The van der Waals surface area contributed by atoms with Crippen LogP contribution >= 0.6 is 0 Å². The molecule has 2 aromatic carbocycles. The molecule has 0 aliphatic rings. The Morgan fingerprint density at radius 3 is 2.50 bits per heavy atom. The molecule has 0 saturated carbocycles. The van der Waals surface area contributed by atoms with Crippen molar-refractivity contribution in [2.75, 3.05) is 10.6 Å². The van der Waals surface area contributed by atoms with E-state index in [2.05, 4.69) is 15.7 Å². The molecule has 0 bridgehead atoms. The fraction of sp³-hybridized carbons (Fsp3) is 0.227.